The molecule has 0 aliphatic carbocycles. The average Bonchev–Trinajstić information content (AvgIpc) is 2.34. The molecule has 0 spiro atoms. The molecule has 4 heteroatoms. The summed E-state index contributed by atoms with van der Waals surface area (Å²) in [4.78, 5) is 2.22. The Morgan fingerprint density at radius 3 is 2.63 bits per heavy atom. The Hall–Kier alpha value is -1.13. The van der Waals surface area contributed by atoms with Gasteiger partial charge in [0.15, 0.2) is 0 Å². The fourth-order valence-corrected chi connectivity index (χ4v) is 2.27. The molecule has 3 nitrogen and oxygen atoms in total. The van der Waals surface area contributed by atoms with E-state index in [1.807, 2.05) is 0 Å². The molecule has 1 aromatic carbocycles. The Morgan fingerprint density at radius 2 is 2.05 bits per heavy atom. The van der Waals surface area contributed by atoms with Crippen LogP contribution in [0.4, 0.5) is 4.39 Å². The topological polar surface area (TPSA) is 38.5 Å². The second-order valence-electron chi connectivity index (χ2n) is 5.41. The summed E-state index contributed by atoms with van der Waals surface area (Å²) in [6.45, 7) is 6.21. The molecule has 19 heavy (non-hydrogen) atoms. The number of nitrogens with zero attached hydrogens (tertiary/aromatic N) is 1. The third kappa shape index (κ3) is 4.80. The molecule has 0 bridgehead atoms. The Kier molecular flexibility index (Phi) is 6.25. The summed E-state index contributed by atoms with van der Waals surface area (Å²) in [5.41, 5.74) is 6.58. The van der Waals surface area contributed by atoms with Gasteiger partial charge in [-0.15, -0.1) is 0 Å². The van der Waals surface area contributed by atoms with E-state index >= 15 is 0 Å². The van der Waals surface area contributed by atoms with E-state index in [4.69, 9.17) is 10.5 Å². The minimum Gasteiger partial charge on any atom is -0.496 e. The number of rotatable bonds is 7. The van der Waals surface area contributed by atoms with Gasteiger partial charge in [-0.05, 0) is 38.1 Å². The van der Waals surface area contributed by atoms with E-state index < -0.39 is 0 Å². The standard InChI is InChI=1S/C15H25FN2O/c1-11(2)10-18(3)9-8-13(17)15-12(16)6-5-7-14(15)19-4/h5-7,11,13H,8-10,17H2,1-4H3. The van der Waals surface area contributed by atoms with Crippen LogP contribution in [-0.4, -0.2) is 32.1 Å². The number of hydrogen-bond donors (Lipinski definition) is 1. The zero-order valence-corrected chi connectivity index (χ0v) is 12.3. The van der Waals surface area contributed by atoms with Crippen LogP contribution in [-0.2, 0) is 0 Å². The molecule has 0 aliphatic heterocycles. The maximum Gasteiger partial charge on any atom is 0.131 e. The van der Waals surface area contributed by atoms with Crippen LogP contribution in [0.25, 0.3) is 0 Å². The molecule has 0 saturated carbocycles. The zero-order chi connectivity index (χ0) is 14.4. The molecule has 0 fully saturated rings. The summed E-state index contributed by atoms with van der Waals surface area (Å²) in [7, 11) is 3.60. The van der Waals surface area contributed by atoms with E-state index in [1.54, 1.807) is 12.1 Å². The molecule has 1 aromatic rings. The molecule has 1 rings (SSSR count). The van der Waals surface area contributed by atoms with Gasteiger partial charge < -0.3 is 15.4 Å². The van der Waals surface area contributed by atoms with Gasteiger partial charge in [-0.25, -0.2) is 4.39 Å². The molecule has 108 valence electrons. The van der Waals surface area contributed by atoms with Gasteiger partial charge in [0.25, 0.3) is 0 Å². The summed E-state index contributed by atoms with van der Waals surface area (Å²) < 4.78 is 19.0. The lowest BCUT2D eigenvalue weighted by molar-refractivity contribution is 0.282. The highest BCUT2D eigenvalue weighted by molar-refractivity contribution is 5.37. The van der Waals surface area contributed by atoms with Crippen LogP contribution < -0.4 is 10.5 Å². The van der Waals surface area contributed by atoms with Crippen molar-refractivity contribution in [3.05, 3.63) is 29.6 Å². The van der Waals surface area contributed by atoms with Gasteiger partial charge in [0.1, 0.15) is 11.6 Å². The van der Waals surface area contributed by atoms with E-state index in [-0.39, 0.29) is 11.9 Å². The van der Waals surface area contributed by atoms with Gasteiger partial charge in [-0.3, -0.25) is 0 Å². The largest absolute Gasteiger partial charge is 0.496 e. The molecular weight excluding hydrogens is 243 g/mol. The van der Waals surface area contributed by atoms with Crippen LogP contribution in [0, 0.1) is 11.7 Å². The smallest absolute Gasteiger partial charge is 0.131 e. The van der Waals surface area contributed by atoms with E-state index in [1.165, 1.54) is 13.2 Å². The zero-order valence-electron chi connectivity index (χ0n) is 12.3. The van der Waals surface area contributed by atoms with Crippen LogP contribution in [0.3, 0.4) is 0 Å². The highest BCUT2D eigenvalue weighted by atomic mass is 19.1. The minimum absolute atomic E-state index is 0.293. The third-order valence-electron chi connectivity index (χ3n) is 3.10. The summed E-state index contributed by atoms with van der Waals surface area (Å²) in [6, 6.07) is 4.46. The first-order valence-electron chi connectivity index (χ1n) is 6.72. The average molecular weight is 268 g/mol. The van der Waals surface area contributed by atoms with Crippen LogP contribution in [0.1, 0.15) is 31.9 Å². The maximum atomic E-state index is 13.8. The second kappa shape index (κ2) is 7.46. The molecule has 1 atom stereocenters. The second-order valence-corrected chi connectivity index (χ2v) is 5.41. The van der Waals surface area contributed by atoms with Crippen molar-refractivity contribution in [2.24, 2.45) is 11.7 Å². The summed E-state index contributed by atoms with van der Waals surface area (Å²) >= 11 is 0. The Bertz CT molecular complexity index is 396. The normalized spacial score (nSPS) is 13.1. The summed E-state index contributed by atoms with van der Waals surface area (Å²) in [5.74, 6) is 0.849. The number of hydrogen-bond acceptors (Lipinski definition) is 3. The van der Waals surface area contributed by atoms with Crippen LogP contribution in [0.5, 0.6) is 5.75 Å². The molecule has 0 amide bonds. The Labute approximate surface area is 115 Å². The summed E-state index contributed by atoms with van der Waals surface area (Å²) in [6.07, 6.45) is 0.709. The fraction of sp³-hybridized carbons (Fsp3) is 0.600. The molecular formula is C15H25FN2O. The minimum atomic E-state index is -0.342. The highest BCUT2D eigenvalue weighted by Crippen LogP contribution is 2.28. The van der Waals surface area contributed by atoms with Crippen molar-refractivity contribution in [1.29, 1.82) is 0 Å². The Balaban J connectivity index is 2.65. The SMILES string of the molecule is COc1cccc(F)c1C(N)CCN(C)CC(C)C. The molecule has 2 N–H and O–H groups in total. The van der Waals surface area contributed by atoms with E-state index in [2.05, 4.69) is 25.8 Å². The van der Waals surface area contributed by atoms with E-state index in [0.717, 1.165) is 13.1 Å². The lowest BCUT2D eigenvalue weighted by Gasteiger charge is -2.22. The van der Waals surface area contributed by atoms with Crippen molar-refractivity contribution in [2.45, 2.75) is 26.3 Å². The predicted molar refractivity (Wildman–Crippen MR) is 76.8 cm³/mol. The lowest BCUT2D eigenvalue weighted by atomic mass is 10.0. The predicted octanol–water partition coefficient (Wildman–Crippen LogP) is 2.81. The molecule has 1 unspecified atom stereocenters. The van der Waals surface area contributed by atoms with E-state index in [0.29, 0.717) is 23.7 Å². The number of nitrogens with two attached hydrogens (primary N) is 1. The third-order valence-corrected chi connectivity index (χ3v) is 3.10. The van der Waals surface area contributed by atoms with Gasteiger partial charge in [0, 0.05) is 18.2 Å². The van der Waals surface area contributed by atoms with Gasteiger partial charge in [-0.2, -0.15) is 0 Å². The number of halogens is 1. The van der Waals surface area contributed by atoms with Gasteiger partial charge in [-0.1, -0.05) is 19.9 Å². The first kappa shape index (κ1) is 15.9. The van der Waals surface area contributed by atoms with Crippen LogP contribution >= 0.6 is 0 Å². The number of ether oxygens (including phenoxy) is 1. The molecule has 0 heterocycles. The van der Waals surface area contributed by atoms with Crippen molar-refractivity contribution in [2.75, 3.05) is 27.2 Å². The van der Waals surface area contributed by atoms with Crippen LogP contribution in [0.15, 0.2) is 18.2 Å². The highest BCUT2D eigenvalue weighted by Gasteiger charge is 2.17. The molecule has 0 radical (unpaired) electrons. The van der Waals surface area contributed by atoms with Crippen LogP contribution in [0.2, 0.25) is 0 Å². The quantitative estimate of drug-likeness (QED) is 0.826. The van der Waals surface area contributed by atoms with Gasteiger partial charge >= 0.3 is 0 Å². The first-order valence-corrected chi connectivity index (χ1v) is 6.72. The van der Waals surface area contributed by atoms with Gasteiger partial charge in [0.2, 0.25) is 0 Å². The first-order chi connectivity index (χ1) is 8.95. The van der Waals surface area contributed by atoms with Crippen molar-refractivity contribution in [3.8, 4) is 5.75 Å². The van der Waals surface area contributed by atoms with Crippen molar-refractivity contribution in [1.82, 2.24) is 4.90 Å². The van der Waals surface area contributed by atoms with Crippen molar-refractivity contribution >= 4 is 0 Å². The number of methoxy groups -OCH3 is 1. The fourth-order valence-electron chi connectivity index (χ4n) is 2.27. The van der Waals surface area contributed by atoms with Crippen molar-refractivity contribution < 1.29 is 9.13 Å². The molecule has 0 aliphatic rings. The van der Waals surface area contributed by atoms with E-state index in [9.17, 15) is 4.39 Å². The summed E-state index contributed by atoms with van der Waals surface area (Å²) in [5, 5.41) is 0. The lowest BCUT2D eigenvalue weighted by Crippen LogP contribution is -2.27. The monoisotopic (exact) mass is 268 g/mol. The van der Waals surface area contributed by atoms with Crippen molar-refractivity contribution in [3.63, 3.8) is 0 Å². The molecule has 0 saturated heterocycles. The molecule has 0 aromatic heterocycles. The van der Waals surface area contributed by atoms with Gasteiger partial charge in [0.05, 0.1) is 7.11 Å². The number of benzene rings is 1. The Morgan fingerprint density at radius 1 is 1.37 bits per heavy atom. The maximum absolute atomic E-state index is 13.8.